The standard InChI is InChI=1S/C17H32N4/c1-6-11-18-12-15-14(3)19-21(5)17(15)20(4)16-10-8-7-9-13(16)2/h13,16,18H,6-12H2,1-5H3. The second kappa shape index (κ2) is 7.30. The minimum Gasteiger partial charge on any atom is -0.356 e. The highest BCUT2D eigenvalue weighted by molar-refractivity contribution is 5.50. The Kier molecular flexibility index (Phi) is 5.68. The molecule has 1 saturated carbocycles. The molecule has 2 unspecified atom stereocenters. The number of aryl methyl sites for hydroxylation is 2. The molecule has 0 amide bonds. The number of hydrogen-bond donors (Lipinski definition) is 1. The lowest BCUT2D eigenvalue weighted by molar-refractivity contribution is 0.319. The van der Waals surface area contributed by atoms with Crippen LogP contribution in [0.1, 0.15) is 57.2 Å². The van der Waals surface area contributed by atoms with E-state index in [1.807, 2.05) is 0 Å². The van der Waals surface area contributed by atoms with E-state index in [0.717, 1.165) is 24.7 Å². The third-order valence-electron chi connectivity index (χ3n) is 4.94. The Bertz CT molecular complexity index is 452. The van der Waals surface area contributed by atoms with Crippen molar-refractivity contribution in [2.45, 2.75) is 65.5 Å². The van der Waals surface area contributed by atoms with Crippen LogP contribution in [0.15, 0.2) is 0 Å². The normalized spacial score (nSPS) is 22.5. The van der Waals surface area contributed by atoms with E-state index in [0.29, 0.717) is 6.04 Å². The van der Waals surface area contributed by atoms with E-state index < -0.39 is 0 Å². The quantitative estimate of drug-likeness (QED) is 0.817. The molecular weight excluding hydrogens is 260 g/mol. The van der Waals surface area contributed by atoms with Crippen molar-refractivity contribution in [3.05, 3.63) is 11.3 Å². The average molecular weight is 292 g/mol. The maximum atomic E-state index is 4.67. The van der Waals surface area contributed by atoms with Crippen molar-refractivity contribution in [3.63, 3.8) is 0 Å². The molecular formula is C17H32N4. The molecule has 2 atom stereocenters. The van der Waals surface area contributed by atoms with Gasteiger partial charge < -0.3 is 10.2 Å². The molecule has 4 heteroatoms. The first kappa shape index (κ1) is 16.3. The smallest absolute Gasteiger partial charge is 0.131 e. The summed E-state index contributed by atoms with van der Waals surface area (Å²) in [4.78, 5) is 2.49. The second-order valence-electron chi connectivity index (χ2n) is 6.63. The lowest BCUT2D eigenvalue weighted by Gasteiger charge is -2.38. The van der Waals surface area contributed by atoms with E-state index in [4.69, 9.17) is 0 Å². The summed E-state index contributed by atoms with van der Waals surface area (Å²) in [6, 6.07) is 0.651. The number of rotatable bonds is 6. The highest BCUT2D eigenvalue weighted by Gasteiger charge is 2.28. The number of nitrogens with one attached hydrogen (secondary N) is 1. The summed E-state index contributed by atoms with van der Waals surface area (Å²) >= 11 is 0. The maximum Gasteiger partial charge on any atom is 0.131 e. The van der Waals surface area contributed by atoms with E-state index in [-0.39, 0.29) is 0 Å². The second-order valence-corrected chi connectivity index (χ2v) is 6.63. The van der Waals surface area contributed by atoms with E-state index >= 15 is 0 Å². The van der Waals surface area contributed by atoms with E-state index in [1.54, 1.807) is 0 Å². The van der Waals surface area contributed by atoms with Crippen LogP contribution in [0.5, 0.6) is 0 Å². The number of nitrogens with zero attached hydrogens (tertiary/aromatic N) is 3. The molecule has 1 aromatic rings. The zero-order chi connectivity index (χ0) is 15.4. The van der Waals surface area contributed by atoms with Crippen molar-refractivity contribution in [2.24, 2.45) is 13.0 Å². The van der Waals surface area contributed by atoms with Gasteiger partial charge in [-0.3, -0.25) is 4.68 Å². The molecule has 1 N–H and O–H groups in total. The molecule has 1 aromatic heterocycles. The predicted molar refractivity (Wildman–Crippen MR) is 89.8 cm³/mol. The largest absolute Gasteiger partial charge is 0.356 e. The van der Waals surface area contributed by atoms with Gasteiger partial charge in [0, 0.05) is 32.2 Å². The van der Waals surface area contributed by atoms with Crippen molar-refractivity contribution < 1.29 is 0 Å². The van der Waals surface area contributed by atoms with Gasteiger partial charge in [0.1, 0.15) is 5.82 Å². The fourth-order valence-electron chi connectivity index (χ4n) is 3.76. The summed E-state index contributed by atoms with van der Waals surface area (Å²) < 4.78 is 2.07. The molecule has 21 heavy (non-hydrogen) atoms. The first-order valence-corrected chi connectivity index (χ1v) is 8.52. The Balaban J connectivity index is 2.20. The van der Waals surface area contributed by atoms with Gasteiger partial charge in [-0.05, 0) is 38.6 Å². The molecule has 4 nitrogen and oxygen atoms in total. The number of hydrogen-bond acceptors (Lipinski definition) is 3. The van der Waals surface area contributed by atoms with Crippen LogP contribution in [0.3, 0.4) is 0 Å². The van der Waals surface area contributed by atoms with Crippen LogP contribution in [-0.2, 0) is 13.6 Å². The molecule has 0 spiro atoms. The summed E-state index contributed by atoms with van der Waals surface area (Å²) in [7, 11) is 4.34. The minimum atomic E-state index is 0.651. The van der Waals surface area contributed by atoms with Gasteiger partial charge in [0.2, 0.25) is 0 Å². The third kappa shape index (κ3) is 3.60. The fraction of sp³-hybridized carbons (Fsp3) is 0.824. The van der Waals surface area contributed by atoms with Crippen LogP contribution in [0, 0.1) is 12.8 Å². The molecule has 120 valence electrons. The van der Waals surface area contributed by atoms with Crippen LogP contribution in [0.4, 0.5) is 5.82 Å². The van der Waals surface area contributed by atoms with E-state index in [1.165, 1.54) is 43.5 Å². The van der Waals surface area contributed by atoms with Gasteiger partial charge in [-0.2, -0.15) is 5.10 Å². The molecule has 1 aliphatic rings. The number of aromatic nitrogens is 2. The van der Waals surface area contributed by atoms with Crippen molar-refractivity contribution in [3.8, 4) is 0 Å². The number of anilines is 1. The highest BCUT2D eigenvalue weighted by atomic mass is 15.4. The molecule has 1 fully saturated rings. The van der Waals surface area contributed by atoms with Gasteiger partial charge in [0.05, 0.1) is 5.69 Å². The Labute approximate surface area is 129 Å². The van der Waals surface area contributed by atoms with Gasteiger partial charge in [-0.15, -0.1) is 0 Å². The Hall–Kier alpha value is -1.03. The Morgan fingerprint density at radius 3 is 2.71 bits per heavy atom. The predicted octanol–water partition coefficient (Wildman–Crippen LogP) is 3.24. The van der Waals surface area contributed by atoms with Gasteiger partial charge in [-0.1, -0.05) is 26.7 Å². The minimum absolute atomic E-state index is 0.651. The van der Waals surface area contributed by atoms with Gasteiger partial charge in [-0.25, -0.2) is 0 Å². The molecule has 1 aliphatic carbocycles. The molecule has 0 radical (unpaired) electrons. The van der Waals surface area contributed by atoms with Gasteiger partial charge in [0.15, 0.2) is 0 Å². The summed E-state index contributed by atoms with van der Waals surface area (Å²) in [5, 5.41) is 8.20. The van der Waals surface area contributed by atoms with Crippen molar-refractivity contribution >= 4 is 5.82 Å². The molecule has 2 rings (SSSR count). The molecule has 0 aromatic carbocycles. The van der Waals surface area contributed by atoms with Crippen LogP contribution >= 0.6 is 0 Å². The molecule has 0 saturated heterocycles. The summed E-state index contributed by atoms with van der Waals surface area (Å²) in [5.74, 6) is 2.07. The monoisotopic (exact) mass is 292 g/mol. The van der Waals surface area contributed by atoms with Gasteiger partial charge >= 0.3 is 0 Å². The van der Waals surface area contributed by atoms with Crippen molar-refractivity contribution in [1.29, 1.82) is 0 Å². The topological polar surface area (TPSA) is 33.1 Å². The summed E-state index contributed by atoms with van der Waals surface area (Å²) in [5.41, 5.74) is 2.53. The highest BCUT2D eigenvalue weighted by Crippen LogP contribution is 2.32. The fourth-order valence-corrected chi connectivity index (χ4v) is 3.76. The van der Waals surface area contributed by atoms with Gasteiger partial charge in [0.25, 0.3) is 0 Å². The molecule has 0 aliphatic heterocycles. The SMILES string of the molecule is CCCNCc1c(C)nn(C)c1N(C)C1CCCCC1C. The summed E-state index contributed by atoms with van der Waals surface area (Å²) in [6.07, 6.45) is 6.59. The van der Waals surface area contributed by atoms with Crippen molar-refractivity contribution in [1.82, 2.24) is 15.1 Å². The first-order valence-electron chi connectivity index (χ1n) is 8.52. The van der Waals surface area contributed by atoms with E-state index in [9.17, 15) is 0 Å². The maximum absolute atomic E-state index is 4.67. The Morgan fingerprint density at radius 2 is 2.05 bits per heavy atom. The van der Waals surface area contributed by atoms with Crippen LogP contribution in [-0.4, -0.2) is 29.4 Å². The lowest BCUT2D eigenvalue weighted by Crippen LogP contribution is -2.40. The Morgan fingerprint density at radius 1 is 1.33 bits per heavy atom. The zero-order valence-electron chi connectivity index (χ0n) is 14.4. The van der Waals surface area contributed by atoms with E-state index in [2.05, 4.69) is 54.9 Å². The molecule has 0 bridgehead atoms. The average Bonchev–Trinajstić information content (AvgIpc) is 2.73. The first-order chi connectivity index (χ1) is 10.1. The summed E-state index contributed by atoms with van der Waals surface area (Å²) in [6.45, 7) is 8.73. The lowest BCUT2D eigenvalue weighted by atomic mass is 9.85. The molecule has 1 heterocycles. The zero-order valence-corrected chi connectivity index (χ0v) is 14.4. The van der Waals surface area contributed by atoms with Crippen LogP contribution in [0.25, 0.3) is 0 Å². The van der Waals surface area contributed by atoms with Crippen LogP contribution in [0.2, 0.25) is 0 Å². The third-order valence-corrected chi connectivity index (χ3v) is 4.94. The van der Waals surface area contributed by atoms with Crippen molar-refractivity contribution in [2.75, 3.05) is 18.5 Å². The van der Waals surface area contributed by atoms with Crippen LogP contribution < -0.4 is 10.2 Å².